The third-order valence-corrected chi connectivity index (χ3v) is 5.47. The third kappa shape index (κ3) is 11.4. The van der Waals surface area contributed by atoms with Gasteiger partial charge in [-0.15, -0.1) is 0 Å². The van der Waals surface area contributed by atoms with Crippen LogP contribution in [-0.4, -0.2) is 51.8 Å². The van der Waals surface area contributed by atoms with Gasteiger partial charge in [-0.2, -0.15) is 0 Å². The molecule has 0 saturated carbocycles. The minimum Gasteiger partial charge on any atom is -0.460 e. The molecule has 182 valence electrons. The molecule has 6 nitrogen and oxygen atoms in total. The van der Waals surface area contributed by atoms with E-state index in [1.165, 1.54) is 0 Å². The molecule has 0 radical (unpaired) electrons. The van der Waals surface area contributed by atoms with Crippen molar-refractivity contribution in [1.82, 2.24) is 5.32 Å². The molecule has 1 aromatic carbocycles. The van der Waals surface area contributed by atoms with Crippen LogP contribution in [0.25, 0.3) is 0 Å². The van der Waals surface area contributed by atoms with Gasteiger partial charge in [0.25, 0.3) is 0 Å². The van der Waals surface area contributed by atoms with E-state index in [1.807, 2.05) is 48.5 Å². The molecule has 0 saturated heterocycles. The van der Waals surface area contributed by atoms with Gasteiger partial charge >= 0.3 is 12.1 Å². The van der Waals surface area contributed by atoms with Crippen molar-refractivity contribution in [2.45, 2.75) is 72.0 Å². The molecule has 0 aromatic heterocycles. The molecule has 1 amide bonds. The van der Waals surface area contributed by atoms with Gasteiger partial charge in [-0.1, -0.05) is 51.2 Å². The fourth-order valence-corrected chi connectivity index (χ4v) is 4.40. The Bertz CT molecular complexity index is 751. The van der Waals surface area contributed by atoms with Gasteiger partial charge in [0.05, 0.1) is 6.42 Å². The second-order valence-electron chi connectivity index (χ2n) is 9.78. The third-order valence-electron chi connectivity index (χ3n) is 4.50. The summed E-state index contributed by atoms with van der Waals surface area (Å²) in [4.78, 5) is 27.3. The minimum atomic E-state index is -0.583. The minimum absolute atomic E-state index is 0.177. The van der Waals surface area contributed by atoms with Gasteiger partial charge in [0.15, 0.2) is 0 Å². The first kappa shape index (κ1) is 29.3. The lowest BCUT2D eigenvalue weighted by molar-refractivity contribution is -0.155. The number of aryl methyl sites for hydroxylation is 1. The lowest BCUT2D eigenvalue weighted by Crippen LogP contribution is -2.36. The molecule has 0 fully saturated rings. The molecule has 1 atom stereocenters. The number of amides is 1. The Morgan fingerprint density at radius 1 is 1.00 bits per heavy atom. The maximum absolute atomic E-state index is 12.7. The van der Waals surface area contributed by atoms with Gasteiger partial charge in [0.1, 0.15) is 11.2 Å². The number of halogens is 2. The second kappa shape index (κ2) is 13.2. The van der Waals surface area contributed by atoms with E-state index in [0.29, 0.717) is 0 Å². The number of alkyl halides is 2. The van der Waals surface area contributed by atoms with Crippen LogP contribution < -0.4 is 10.2 Å². The van der Waals surface area contributed by atoms with Gasteiger partial charge in [-0.05, 0) is 71.7 Å². The van der Waals surface area contributed by atoms with Crippen LogP contribution in [0, 0.1) is 6.92 Å². The van der Waals surface area contributed by atoms with Gasteiger partial charge in [-0.25, -0.2) is 4.79 Å². The van der Waals surface area contributed by atoms with Crippen molar-refractivity contribution in [3.63, 3.8) is 0 Å². The van der Waals surface area contributed by atoms with Gasteiger partial charge in [-0.3, -0.25) is 4.79 Å². The highest BCUT2D eigenvalue weighted by Crippen LogP contribution is 2.29. The number of benzene rings is 1. The predicted octanol–water partition coefficient (Wildman–Crippen LogP) is 6.01. The quantitative estimate of drug-likeness (QED) is 0.188. The zero-order valence-corrected chi connectivity index (χ0v) is 24.7. The molecule has 0 heterocycles. The number of hydrogen-bond acceptors (Lipinski definition) is 5. The summed E-state index contributed by atoms with van der Waals surface area (Å²) >= 11 is 4.78. The molecule has 0 aliphatic rings. The number of esters is 1. The summed E-state index contributed by atoms with van der Waals surface area (Å²) in [5.74, 6) is -0.506. The van der Waals surface area contributed by atoms with E-state index < -0.39 is 17.3 Å². The van der Waals surface area contributed by atoms with Crippen molar-refractivity contribution in [3.05, 3.63) is 29.3 Å². The molecule has 0 aliphatic heterocycles. The molecule has 0 spiro atoms. The van der Waals surface area contributed by atoms with Crippen LogP contribution >= 0.6 is 45.2 Å². The van der Waals surface area contributed by atoms with Crippen molar-refractivity contribution in [3.8, 4) is 0 Å². The fourth-order valence-electron chi connectivity index (χ4n) is 3.24. The molecule has 1 N–H and O–H groups in total. The van der Waals surface area contributed by atoms with Crippen molar-refractivity contribution in [2.24, 2.45) is 0 Å². The topological polar surface area (TPSA) is 67.9 Å². The zero-order valence-electron chi connectivity index (χ0n) is 20.4. The standard InChI is InChI=1S/C24H38I2N2O4/c1-17-8-9-19(28(12-10-25)13-11-26)15-20(17)18(14-21(29)31-23(2,3)4)16-27-22(30)32-24(5,6)7/h8-9,15,18H,10-14,16H2,1-7H3,(H,27,30). The lowest BCUT2D eigenvalue weighted by Gasteiger charge is -2.27. The molecule has 8 heteroatoms. The van der Waals surface area contributed by atoms with Gasteiger partial charge < -0.3 is 19.7 Å². The number of ether oxygens (including phenoxy) is 2. The fraction of sp³-hybridized carbons (Fsp3) is 0.667. The van der Waals surface area contributed by atoms with Crippen molar-refractivity contribution >= 4 is 62.9 Å². The van der Waals surface area contributed by atoms with E-state index in [-0.39, 0.29) is 24.9 Å². The maximum atomic E-state index is 12.7. The number of nitrogens with one attached hydrogen (secondary N) is 1. The van der Waals surface area contributed by atoms with Crippen molar-refractivity contribution < 1.29 is 19.1 Å². The largest absolute Gasteiger partial charge is 0.460 e. The number of carbonyl (C=O) groups is 2. The number of rotatable bonds is 10. The first-order valence-electron chi connectivity index (χ1n) is 10.9. The first-order chi connectivity index (χ1) is 14.8. The van der Waals surface area contributed by atoms with E-state index in [0.717, 1.165) is 38.8 Å². The summed E-state index contributed by atoms with van der Waals surface area (Å²) in [6, 6.07) is 6.37. The highest BCUT2D eigenvalue weighted by molar-refractivity contribution is 14.1. The normalized spacial score (nSPS) is 12.8. The summed E-state index contributed by atoms with van der Waals surface area (Å²) < 4.78 is 13.0. The molecule has 1 aromatic rings. The van der Waals surface area contributed by atoms with Crippen molar-refractivity contribution in [1.29, 1.82) is 0 Å². The van der Waals surface area contributed by atoms with Gasteiger partial charge in [0.2, 0.25) is 0 Å². The Hall–Kier alpha value is -0.780. The molecule has 32 heavy (non-hydrogen) atoms. The SMILES string of the molecule is Cc1ccc(N(CCI)CCI)cc1C(CNC(=O)OC(C)(C)C)CC(=O)OC(C)(C)C. The Labute approximate surface area is 220 Å². The van der Waals surface area contributed by atoms with Crippen LogP contribution in [0.4, 0.5) is 10.5 Å². The molecule has 1 unspecified atom stereocenters. The predicted molar refractivity (Wildman–Crippen MR) is 149 cm³/mol. The monoisotopic (exact) mass is 672 g/mol. The van der Waals surface area contributed by atoms with Crippen LogP contribution in [0.15, 0.2) is 18.2 Å². The average Bonchev–Trinajstić information content (AvgIpc) is 2.62. The summed E-state index contributed by atoms with van der Waals surface area (Å²) in [5.41, 5.74) is 2.10. The van der Waals surface area contributed by atoms with E-state index in [9.17, 15) is 9.59 Å². The van der Waals surface area contributed by atoms with E-state index in [4.69, 9.17) is 9.47 Å². The maximum Gasteiger partial charge on any atom is 0.407 e. The summed E-state index contributed by atoms with van der Waals surface area (Å²) in [6.45, 7) is 15.3. The summed E-state index contributed by atoms with van der Waals surface area (Å²) in [7, 11) is 0. The number of anilines is 1. The van der Waals surface area contributed by atoms with E-state index in [1.54, 1.807) is 0 Å². The van der Waals surface area contributed by atoms with Crippen LogP contribution in [0.2, 0.25) is 0 Å². The smallest absolute Gasteiger partial charge is 0.407 e. The van der Waals surface area contributed by atoms with E-state index in [2.05, 4.69) is 73.6 Å². The second-order valence-corrected chi connectivity index (χ2v) is 11.9. The summed E-state index contributed by atoms with van der Waals surface area (Å²) in [5, 5.41) is 2.85. The lowest BCUT2D eigenvalue weighted by atomic mass is 9.91. The van der Waals surface area contributed by atoms with Crippen LogP contribution in [0.1, 0.15) is 65.0 Å². The molecule has 1 rings (SSSR count). The zero-order chi connectivity index (χ0) is 24.5. The Balaban J connectivity index is 3.19. The van der Waals surface area contributed by atoms with Gasteiger partial charge in [0, 0.05) is 40.1 Å². The summed E-state index contributed by atoms with van der Waals surface area (Å²) in [6.07, 6.45) is -0.312. The molecular weight excluding hydrogens is 634 g/mol. The number of alkyl carbamates (subject to hydrolysis) is 1. The Morgan fingerprint density at radius 2 is 1.56 bits per heavy atom. The van der Waals surface area contributed by atoms with Crippen LogP contribution in [-0.2, 0) is 14.3 Å². The average molecular weight is 672 g/mol. The van der Waals surface area contributed by atoms with E-state index >= 15 is 0 Å². The highest BCUT2D eigenvalue weighted by atomic mass is 127. The number of hydrogen-bond donors (Lipinski definition) is 1. The van der Waals surface area contributed by atoms with Crippen LogP contribution in [0.3, 0.4) is 0 Å². The molecule has 0 aliphatic carbocycles. The number of carbonyl (C=O) groups excluding carboxylic acids is 2. The Morgan fingerprint density at radius 3 is 2.06 bits per heavy atom. The number of nitrogens with zero attached hydrogens (tertiary/aromatic N) is 1. The first-order valence-corrected chi connectivity index (χ1v) is 14.0. The molecular formula is C24H38I2N2O4. The Kier molecular flexibility index (Phi) is 12.1. The molecule has 0 bridgehead atoms. The van der Waals surface area contributed by atoms with Crippen LogP contribution in [0.5, 0.6) is 0 Å². The highest BCUT2D eigenvalue weighted by Gasteiger charge is 2.25. The van der Waals surface area contributed by atoms with Crippen molar-refractivity contribution in [2.75, 3.05) is 33.4 Å².